The molecule has 7 heteroatoms. The van der Waals surface area contributed by atoms with Crippen molar-refractivity contribution < 1.29 is 14.4 Å². The summed E-state index contributed by atoms with van der Waals surface area (Å²) in [5, 5.41) is 4.46. The molecule has 6 nitrogen and oxygen atoms in total. The lowest BCUT2D eigenvalue weighted by atomic mass is 9.88. The van der Waals surface area contributed by atoms with E-state index in [0.29, 0.717) is 5.01 Å². The maximum atomic E-state index is 13.0. The normalized spacial score (nSPS) is 16.2. The van der Waals surface area contributed by atoms with Gasteiger partial charge in [-0.3, -0.25) is 9.63 Å². The van der Waals surface area contributed by atoms with E-state index in [2.05, 4.69) is 10.1 Å². The number of carbonyl (C=O) groups excluding carboxylic acids is 2. The van der Waals surface area contributed by atoms with Gasteiger partial charge in [0.25, 0.3) is 0 Å². The Morgan fingerprint density at radius 2 is 1.86 bits per heavy atom. The van der Waals surface area contributed by atoms with E-state index >= 15 is 0 Å². The molecule has 1 saturated carbocycles. The molecule has 1 aliphatic carbocycles. The fourth-order valence-corrected chi connectivity index (χ4v) is 4.22. The largest absolute Gasteiger partial charge is 0.435 e. The van der Waals surface area contributed by atoms with Crippen molar-refractivity contribution in [1.29, 1.82) is 0 Å². The zero-order valence-corrected chi connectivity index (χ0v) is 17.7. The van der Waals surface area contributed by atoms with E-state index in [9.17, 15) is 9.59 Å². The summed E-state index contributed by atoms with van der Waals surface area (Å²) in [5.41, 5.74) is 0.222. The van der Waals surface area contributed by atoms with E-state index in [1.54, 1.807) is 11.9 Å². The van der Waals surface area contributed by atoms with E-state index in [-0.39, 0.29) is 17.5 Å². The number of amides is 1. The fourth-order valence-electron chi connectivity index (χ4n) is 3.27. The van der Waals surface area contributed by atoms with Gasteiger partial charge in [-0.2, -0.15) is 0 Å². The van der Waals surface area contributed by atoms with E-state index in [4.69, 9.17) is 4.84 Å². The molecule has 28 heavy (non-hydrogen) atoms. The number of aromatic nitrogens is 1. The summed E-state index contributed by atoms with van der Waals surface area (Å²) in [4.78, 5) is 36.8. The maximum absolute atomic E-state index is 13.0. The first-order valence-corrected chi connectivity index (χ1v) is 10.5. The van der Waals surface area contributed by atoms with Gasteiger partial charge in [0.2, 0.25) is 0 Å². The molecule has 1 amide bonds. The number of carbonyl (C=O) groups is 2. The van der Waals surface area contributed by atoms with Gasteiger partial charge >= 0.3 is 6.09 Å². The minimum absolute atomic E-state index is 0.0964. The Morgan fingerprint density at radius 3 is 2.50 bits per heavy atom. The molecule has 0 N–H and O–H groups in total. The molecule has 1 aliphatic rings. The van der Waals surface area contributed by atoms with Crippen molar-refractivity contribution in [2.75, 3.05) is 7.05 Å². The van der Waals surface area contributed by atoms with Gasteiger partial charge in [-0.1, -0.05) is 57.3 Å². The van der Waals surface area contributed by atoms with Gasteiger partial charge in [0.15, 0.2) is 11.5 Å². The first kappa shape index (κ1) is 20.5. The van der Waals surface area contributed by atoms with E-state index in [0.717, 1.165) is 35.9 Å². The van der Waals surface area contributed by atoms with Crippen molar-refractivity contribution in [3.63, 3.8) is 0 Å². The van der Waals surface area contributed by atoms with Crippen molar-refractivity contribution in [3.8, 4) is 0 Å². The van der Waals surface area contributed by atoms with Crippen LogP contribution in [0.3, 0.4) is 0 Å². The molecular weight excluding hydrogens is 374 g/mol. The molecule has 150 valence electrons. The highest BCUT2D eigenvalue weighted by Crippen LogP contribution is 2.26. The van der Waals surface area contributed by atoms with Crippen LogP contribution in [-0.4, -0.2) is 40.6 Å². The molecule has 2 aromatic rings. The number of Topliss-reactive ketones (excluding diaryl/α,β-unsaturated/α-hetero) is 1. The first-order valence-electron chi connectivity index (χ1n) is 9.70. The Labute approximate surface area is 169 Å². The number of ketones is 1. The number of rotatable bonds is 4. The number of hydrogen-bond acceptors (Lipinski definition) is 6. The number of nitrogens with zero attached hydrogens (tertiary/aromatic N) is 3. The van der Waals surface area contributed by atoms with Crippen LogP contribution in [0.1, 0.15) is 57.9 Å². The predicted molar refractivity (Wildman–Crippen MR) is 112 cm³/mol. The van der Waals surface area contributed by atoms with Crippen LogP contribution in [0.4, 0.5) is 4.79 Å². The molecule has 1 aromatic carbocycles. The van der Waals surface area contributed by atoms with Crippen LogP contribution >= 0.6 is 11.3 Å². The molecule has 0 saturated heterocycles. The molecule has 3 rings (SSSR count). The van der Waals surface area contributed by atoms with Gasteiger partial charge in [0.05, 0.1) is 10.2 Å². The second-order valence-corrected chi connectivity index (χ2v) is 9.30. The Hall–Kier alpha value is -2.28. The highest BCUT2D eigenvalue weighted by atomic mass is 32.1. The van der Waals surface area contributed by atoms with Gasteiger partial charge in [0, 0.05) is 18.5 Å². The number of fused-ring (bicyclic) bond motifs is 1. The Kier molecular flexibility index (Phi) is 6.13. The summed E-state index contributed by atoms with van der Waals surface area (Å²) < 4.78 is 0.956. The highest BCUT2D eigenvalue weighted by Gasteiger charge is 2.31. The second kappa shape index (κ2) is 8.39. The fraction of sp³-hybridized carbons (Fsp3) is 0.524. The number of para-hydroxylation sites is 1. The third kappa shape index (κ3) is 4.58. The van der Waals surface area contributed by atoms with Crippen molar-refractivity contribution in [1.82, 2.24) is 9.88 Å². The molecular formula is C21H27N3O3S. The van der Waals surface area contributed by atoms with Crippen LogP contribution in [0.25, 0.3) is 10.2 Å². The molecule has 0 aliphatic heterocycles. The molecule has 0 unspecified atom stereocenters. The standard InChI is InChI=1S/C21H27N3O3S/c1-21(2,3)18(25)17(19-22-15-12-8-9-13-16(15)28-19)23-27-20(26)24(4)14-10-6-5-7-11-14/h8-9,12-14H,5-7,10-11H2,1-4H3. The zero-order valence-electron chi connectivity index (χ0n) is 16.9. The van der Waals surface area contributed by atoms with Crippen LogP contribution in [0, 0.1) is 5.41 Å². The van der Waals surface area contributed by atoms with Crippen molar-refractivity contribution in [2.45, 2.75) is 58.9 Å². The lowest BCUT2D eigenvalue weighted by Crippen LogP contribution is -2.38. The van der Waals surface area contributed by atoms with Gasteiger partial charge in [-0.25, -0.2) is 9.78 Å². The van der Waals surface area contributed by atoms with Crippen molar-refractivity contribution in [2.24, 2.45) is 10.6 Å². The van der Waals surface area contributed by atoms with E-state index in [1.165, 1.54) is 17.8 Å². The van der Waals surface area contributed by atoms with E-state index < -0.39 is 11.5 Å². The summed E-state index contributed by atoms with van der Waals surface area (Å²) in [6, 6.07) is 7.82. The maximum Gasteiger partial charge on any atom is 0.435 e. The van der Waals surface area contributed by atoms with Crippen molar-refractivity contribution in [3.05, 3.63) is 29.3 Å². The average molecular weight is 402 g/mol. The SMILES string of the molecule is CN(C(=O)ON=C(C(=O)C(C)(C)C)c1nc2ccccc2s1)C1CCCCC1. The third-order valence-electron chi connectivity index (χ3n) is 5.02. The Bertz CT molecular complexity index is 859. The Balaban J connectivity index is 1.86. The summed E-state index contributed by atoms with van der Waals surface area (Å²) in [7, 11) is 1.73. The number of benzene rings is 1. The first-order chi connectivity index (χ1) is 13.3. The summed E-state index contributed by atoms with van der Waals surface area (Å²) in [6.07, 6.45) is 4.85. The van der Waals surface area contributed by atoms with Crippen LogP contribution in [0.2, 0.25) is 0 Å². The smallest absolute Gasteiger partial charge is 0.306 e. The second-order valence-electron chi connectivity index (χ2n) is 8.27. The molecule has 1 fully saturated rings. The molecule has 0 bridgehead atoms. The molecule has 0 radical (unpaired) electrons. The van der Waals surface area contributed by atoms with Crippen LogP contribution < -0.4 is 0 Å². The molecule has 1 aromatic heterocycles. The zero-order chi connectivity index (χ0) is 20.3. The summed E-state index contributed by atoms with van der Waals surface area (Å²) in [5.74, 6) is -0.209. The molecule has 1 heterocycles. The quantitative estimate of drug-likeness (QED) is 0.410. The van der Waals surface area contributed by atoms with Gasteiger partial charge in [-0.15, -0.1) is 11.3 Å². The Morgan fingerprint density at radius 1 is 1.18 bits per heavy atom. The lowest BCUT2D eigenvalue weighted by Gasteiger charge is -2.29. The summed E-state index contributed by atoms with van der Waals surface area (Å²) in [6.45, 7) is 5.44. The molecule has 0 atom stereocenters. The minimum atomic E-state index is -0.668. The van der Waals surface area contributed by atoms with Crippen LogP contribution in [0.15, 0.2) is 29.4 Å². The highest BCUT2D eigenvalue weighted by molar-refractivity contribution is 7.21. The van der Waals surface area contributed by atoms with Crippen LogP contribution in [0.5, 0.6) is 0 Å². The lowest BCUT2D eigenvalue weighted by molar-refractivity contribution is -0.119. The number of thiazole rings is 1. The average Bonchev–Trinajstić information content (AvgIpc) is 3.11. The number of oxime groups is 1. The van der Waals surface area contributed by atoms with Gasteiger partial charge in [-0.05, 0) is 25.0 Å². The van der Waals surface area contributed by atoms with Crippen LogP contribution in [-0.2, 0) is 9.63 Å². The third-order valence-corrected chi connectivity index (χ3v) is 6.06. The van der Waals surface area contributed by atoms with E-state index in [1.807, 2.05) is 45.0 Å². The van der Waals surface area contributed by atoms with Gasteiger partial charge in [0.1, 0.15) is 5.01 Å². The molecule has 0 spiro atoms. The number of hydrogen-bond donors (Lipinski definition) is 0. The minimum Gasteiger partial charge on any atom is -0.306 e. The monoisotopic (exact) mass is 401 g/mol. The van der Waals surface area contributed by atoms with Crippen molar-refractivity contribution >= 4 is 39.1 Å². The van der Waals surface area contributed by atoms with Gasteiger partial charge < -0.3 is 4.90 Å². The topological polar surface area (TPSA) is 71.9 Å². The predicted octanol–water partition coefficient (Wildman–Crippen LogP) is 5.02. The summed E-state index contributed by atoms with van der Waals surface area (Å²) >= 11 is 1.37.